The lowest BCUT2D eigenvalue weighted by Crippen LogP contribution is -2.54. The van der Waals surface area contributed by atoms with E-state index in [0.717, 1.165) is 37.0 Å². The van der Waals surface area contributed by atoms with Crippen molar-refractivity contribution in [2.45, 2.75) is 111 Å². The van der Waals surface area contributed by atoms with Gasteiger partial charge in [0.05, 0.1) is 10.8 Å². The van der Waals surface area contributed by atoms with Crippen LogP contribution in [0.2, 0.25) is 0 Å². The van der Waals surface area contributed by atoms with Gasteiger partial charge >= 0.3 is 11.9 Å². The number of esters is 2. The van der Waals surface area contributed by atoms with Gasteiger partial charge < -0.3 is 9.47 Å². The maximum absolute atomic E-state index is 13.4. The zero-order valence-corrected chi connectivity index (χ0v) is 19.0. The Morgan fingerprint density at radius 3 is 1.71 bits per heavy atom. The van der Waals surface area contributed by atoms with Crippen LogP contribution in [0.5, 0.6) is 0 Å². The molecule has 1 atom stereocenters. The van der Waals surface area contributed by atoms with Gasteiger partial charge in [-0.15, -0.1) is 0 Å². The monoisotopic (exact) mass is 392 g/mol. The molecule has 4 nitrogen and oxygen atoms in total. The summed E-state index contributed by atoms with van der Waals surface area (Å²) in [6.07, 6.45) is 8.20. The van der Waals surface area contributed by atoms with Crippen LogP contribution in [0.1, 0.15) is 99.8 Å². The van der Waals surface area contributed by atoms with E-state index < -0.39 is 16.4 Å². The summed E-state index contributed by atoms with van der Waals surface area (Å²) in [6.45, 7) is 13.4. The van der Waals surface area contributed by atoms with Gasteiger partial charge in [-0.2, -0.15) is 0 Å². The molecular formula is C24H40O4. The fraction of sp³-hybridized carbons (Fsp3) is 0.917. The SMILES string of the molecule is CCC(C)(CC(C)(C)C(=O)OC(C)(C)C)C(=O)OC12CC3CC(CC(C3)C1)C2. The highest BCUT2D eigenvalue weighted by Gasteiger charge is 2.55. The number of carbonyl (C=O) groups excluding carboxylic acids is 2. The lowest BCUT2D eigenvalue weighted by molar-refractivity contribution is -0.199. The molecule has 4 rings (SSSR count). The lowest BCUT2D eigenvalue weighted by Gasteiger charge is -2.56. The van der Waals surface area contributed by atoms with Crippen LogP contribution in [0.4, 0.5) is 0 Å². The largest absolute Gasteiger partial charge is 0.460 e. The Hall–Kier alpha value is -1.06. The zero-order valence-electron chi connectivity index (χ0n) is 19.0. The summed E-state index contributed by atoms with van der Waals surface area (Å²) in [4.78, 5) is 26.1. The first-order chi connectivity index (χ1) is 12.8. The average molecular weight is 393 g/mol. The normalized spacial score (nSPS) is 34.0. The molecule has 0 aromatic carbocycles. The fourth-order valence-electron chi connectivity index (χ4n) is 6.28. The Kier molecular flexibility index (Phi) is 5.43. The second-order valence-electron chi connectivity index (χ2n) is 12.0. The van der Waals surface area contributed by atoms with E-state index in [0.29, 0.717) is 12.8 Å². The summed E-state index contributed by atoms with van der Waals surface area (Å²) in [5.41, 5.74) is -2.18. The smallest absolute Gasteiger partial charge is 0.312 e. The Morgan fingerprint density at radius 1 is 0.857 bits per heavy atom. The first kappa shape index (κ1) is 21.6. The summed E-state index contributed by atoms with van der Waals surface area (Å²) in [6, 6.07) is 0. The minimum atomic E-state index is -0.738. The number of carbonyl (C=O) groups is 2. The summed E-state index contributed by atoms with van der Waals surface area (Å²) in [5.74, 6) is 1.86. The molecule has 0 amide bonds. The molecule has 4 aliphatic carbocycles. The van der Waals surface area contributed by atoms with E-state index in [9.17, 15) is 9.59 Å². The molecule has 4 fully saturated rings. The van der Waals surface area contributed by atoms with Gasteiger partial charge in [-0.05, 0) is 111 Å². The first-order valence-corrected chi connectivity index (χ1v) is 11.2. The second-order valence-corrected chi connectivity index (χ2v) is 12.0. The van der Waals surface area contributed by atoms with Crippen molar-refractivity contribution in [1.29, 1.82) is 0 Å². The molecule has 0 aromatic rings. The third-order valence-corrected chi connectivity index (χ3v) is 7.35. The highest BCUT2D eigenvalue weighted by Crippen LogP contribution is 2.57. The van der Waals surface area contributed by atoms with Gasteiger partial charge in [0.25, 0.3) is 0 Å². The standard InChI is InChI=1S/C24H40O4/c1-8-23(7,15-22(5,6)19(25)27-21(2,3)4)20(26)28-24-12-16-9-17(13-24)11-18(10-16)14-24/h16-18H,8-15H2,1-7H3. The van der Waals surface area contributed by atoms with Crippen molar-refractivity contribution >= 4 is 11.9 Å². The molecule has 0 aliphatic heterocycles. The van der Waals surface area contributed by atoms with Gasteiger partial charge in [0.15, 0.2) is 0 Å². The highest BCUT2D eigenvalue weighted by atomic mass is 16.6. The molecule has 4 aliphatic rings. The predicted octanol–water partition coefficient (Wildman–Crippen LogP) is 5.67. The number of ether oxygens (including phenoxy) is 2. The quantitative estimate of drug-likeness (QED) is 0.546. The Balaban J connectivity index is 1.71. The average Bonchev–Trinajstić information content (AvgIpc) is 2.50. The molecule has 0 spiro atoms. The van der Waals surface area contributed by atoms with E-state index in [1.807, 2.05) is 48.5 Å². The molecular weight excluding hydrogens is 352 g/mol. The van der Waals surface area contributed by atoms with Crippen molar-refractivity contribution in [2.75, 3.05) is 0 Å². The molecule has 0 radical (unpaired) electrons. The summed E-state index contributed by atoms with van der Waals surface area (Å²) in [5, 5.41) is 0. The van der Waals surface area contributed by atoms with Gasteiger partial charge in [-0.1, -0.05) is 6.92 Å². The van der Waals surface area contributed by atoms with Crippen molar-refractivity contribution < 1.29 is 19.1 Å². The van der Waals surface area contributed by atoms with Crippen molar-refractivity contribution in [1.82, 2.24) is 0 Å². The first-order valence-electron chi connectivity index (χ1n) is 11.2. The molecule has 28 heavy (non-hydrogen) atoms. The van der Waals surface area contributed by atoms with Crippen LogP contribution in [0.3, 0.4) is 0 Å². The fourth-order valence-corrected chi connectivity index (χ4v) is 6.28. The molecule has 4 bridgehead atoms. The lowest BCUT2D eigenvalue weighted by atomic mass is 9.54. The Labute approximate surface area is 171 Å². The number of hydrogen-bond donors (Lipinski definition) is 0. The van der Waals surface area contributed by atoms with Crippen LogP contribution in [0.25, 0.3) is 0 Å². The molecule has 4 saturated carbocycles. The molecule has 4 heteroatoms. The van der Waals surface area contributed by atoms with Crippen LogP contribution in [-0.2, 0) is 19.1 Å². The van der Waals surface area contributed by atoms with E-state index in [-0.39, 0.29) is 17.5 Å². The van der Waals surface area contributed by atoms with Crippen LogP contribution in [0.15, 0.2) is 0 Å². The van der Waals surface area contributed by atoms with E-state index in [1.165, 1.54) is 19.3 Å². The molecule has 0 saturated heterocycles. The summed E-state index contributed by atoms with van der Waals surface area (Å²) >= 11 is 0. The van der Waals surface area contributed by atoms with Crippen molar-refractivity contribution in [3.8, 4) is 0 Å². The molecule has 160 valence electrons. The summed E-state index contributed by atoms with van der Waals surface area (Å²) < 4.78 is 12.0. The third kappa shape index (κ3) is 4.41. The van der Waals surface area contributed by atoms with Gasteiger partial charge in [-0.25, -0.2) is 0 Å². The van der Waals surface area contributed by atoms with Gasteiger partial charge in [0.2, 0.25) is 0 Å². The van der Waals surface area contributed by atoms with Crippen LogP contribution in [-0.4, -0.2) is 23.1 Å². The van der Waals surface area contributed by atoms with Crippen LogP contribution >= 0.6 is 0 Å². The maximum atomic E-state index is 13.4. The molecule has 0 N–H and O–H groups in total. The van der Waals surface area contributed by atoms with Crippen LogP contribution in [0, 0.1) is 28.6 Å². The molecule has 0 heterocycles. The Bertz CT molecular complexity index is 592. The zero-order chi connectivity index (χ0) is 21.0. The molecule has 0 aromatic heterocycles. The minimum absolute atomic E-state index is 0.117. The maximum Gasteiger partial charge on any atom is 0.312 e. The number of hydrogen-bond acceptors (Lipinski definition) is 4. The third-order valence-electron chi connectivity index (χ3n) is 7.35. The van der Waals surface area contributed by atoms with Gasteiger partial charge in [0.1, 0.15) is 11.2 Å². The van der Waals surface area contributed by atoms with Crippen LogP contribution < -0.4 is 0 Å². The topological polar surface area (TPSA) is 52.6 Å². The molecule has 1 unspecified atom stereocenters. The number of rotatable bonds is 6. The van der Waals surface area contributed by atoms with E-state index >= 15 is 0 Å². The predicted molar refractivity (Wildman–Crippen MR) is 110 cm³/mol. The minimum Gasteiger partial charge on any atom is -0.460 e. The van der Waals surface area contributed by atoms with Gasteiger partial charge in [0, 0.05) is 0 Å². The van der Waals surface area contributed by atoms with Crippen molar-refractivity contribution in [2.24, 2.45) is 28.6 Å². The highest BCUT2D eigenvalue weighted by molar-refractivity contribution is 5.80. The van der Waals surface area contributed by atoms with E-state index in [2.05, 4.69) is 0 Å². The Morgan fingerprint density at radius 2 is 1.32 bits per heavy atom. The van der Waals surface area contributed by atoms with Crippen molar-refractivity contribution in [3.05, 3.63) is 0 Å². The van der Waals surface area contributed by atoms with E-state index in [1.54, 1.807) is 0 Å². The second kappa shape index (κ2) is 7.02. The summed E-state index contributed by atoms with van der Waals surface area (Å²) in [7, 11) is 0. The van der Waals surface area contributed by atoms with Crippen molar-refractivity contribution in [3.63, 3.8) is 0 Å². The van der Waals surface area contributed by atoms with E-state index in [4.69, 9.17) is 9.47 Å². The van der Waals surface area contributed by atoms with Gasteiger partial charge in [-0.3, -0.25) is 9.59 Å².